The first-order valence-corrected chi connectivity index (χ1v) is 7.45. The zero-order chi connectivity index (χ0) is 15.9. The third kappa shape index (κ3) is 4.21. The van der Waals surface area contributed by atoms with Gasteiger partial charge in [-0.15, -0.1) is 0 Å². The first-order valence-electron chi connectivity index (χ1n) is 7.45. The Labute approximate surface area is 129 Å². The summed E-state index contributed by atoms with van der Waals surface area (Å²) in [5.41, 5.74) is 0.505. The second kappa shape index (κ2) is 7.79. The molecular formula is C16H21NO5. The predicted molar refractivity (Wildman–Crippen MR) is 80.1 cm³/mol. The van der Waals surface area contributed by atoms with E-state index in [1.54, 1.807) is 29.2 Å². The molecule has 1 heterocycles. The lowest BCUT2D eigenvalue weighted by Gasteiger charge is -2.34. The van der Waals surface area contributed by atoms with E-state index in [2.05, 4.69) is 0 Å². The molecular weight excluding hydrogens is 286 g/mol. The monoisotopic (exact) mass is 307 g/mol. The van der Waals surface area contributed by atoms with Crippen molar-refractivity contribution in [3.63, 3.8) is 0 Å². The van der Waals surface area contributed by atoms with Crippen molar-refractivity contribution in [1.82, 2.24) is 4.90 Å². The largest absolute Gasteiger partial charge is 0.494 e. The minimum absolute atomic E-state index is 0.113. The van der Waals surface area contributed by atoms with Gasteiger partial charge in [0, 0.05) is 12.1 Å². The van der Waals surface area contributed by atoms with Crippen molar-refractivity contribution in [3.05, 3.63) is 29.8 Å². The zero-order valence-corrected chi connectivity index (χ0v) is 12.7. The topological polar surface area (TPSA) is 76.1 Å². The van der Waals surface area contributed by atoms with E-state index in [9.17, 15) is 9.59 Å². The van der Waals surface area contributed by atoms with E-state index < -0.39 is 12.0 Å². The van der Waals surface area contributed by atoms with Crippen molar-refractivity contribution in [1.29, 1.82) is 0 Å². The van der Waals surface area contributed by atoms with Crippen LogP contribution in [0.4, 0.5) is 0 Å². The molecule has 1 atom stereocenters. The van der Waals surface area contributed by atoms with Crippen LogP contribution in [-0.2, 0) is 9.53 Å². The Morgan fingerprint density at radius 2 is 2.27 bits per heavy atom. The number of carbonyl (C=O) groups excluding carboxylic acids is 1. The zero-order valence-electron chi connectivity index (χ0n) is 12.7. The molecule has 6 nitrogen and oxygen atoms in total. The number of nitrogens with zero attached hydrogens (tertiary/aromatic N) is 1. The number of ether oxygens (including phenoxy) is 2. The molecule has 2 rings (SSSR count). The van der Waals surface area contributed by atoms with Gasteiger partial charge in [0.25, 0.3) is 5.91 Å². The van der Waals surface area contributed by atoms with Gasteiger partial charge in [-0.3, -0.25) is 9.59 Å². The number of carboxylic acids is 1. The Balaban J connectivity index is 2.12. The van der Waals surface area contributed by atoms with Gasteiger partial charge in [0.2, 0.25) is 0 Å². The molecule has 0 spiro atoms. The van der Waals surface area contributed by atoms with Gasteiger partial charge in [-0.2, -0.15) is 0 Å². The highest BCUT2D eigenvalue weighted by atomic mass is 16.5. The van der Waals surface area contributed by atoms with E-state index in [1.165, 1.54) is 0 Å². The number of morpholine rings is 1. The molecule has 1 N–H and O–H groups in total. The average Bonchev–Trinajstić information content (AvgIpc) is 2.52. The van der Waals surface area contributed by atoms with Crippen LogP contribution in [0.15, 0.2) is 24.3 Å². The van der Waals surface area contributed by atoms with E-state index >= 15 is 0 Å². The van der Waals surface area contributed by atoms with Crippen LogP contribution in [0.2, 0.25) is 0 Å². The molecule has 1 unspecified atom stereocenters. The third-order valence-corrected chi connectivity index (χ3v) is 3.45. The van der Waals surface area contributed by atoms with Crippen LogP contribution in [0.25, 0.3) is 0 Å². The van der Waals surface area contributed by atoms with Crippen LogP contribution in [0.5, 0.6) is 5.75 Å². The molecule has 0 saturated carbocycles. The average molecular weight is 307 g/mol. The summed E-state index contributed by atoms with van der Waals surface area (Å²) in [6.45, 7) is 3.69. The van der Waals surface area contributed by atoms with E-state index in [-0.39, 0.29) is 18.9 Å². The maximum Gasteiger partial charge on any atom is 0.305 e. The molecule has 1 amide bonds. The van der Waals surface area contributed by atoms with Gasteiger partial charge in [0.1, 0.15) is 5.75 Å². The summed E-state index contributed by atoms with van der Waals surface area (Å²) < 4.78 is 10.8. The normalized spacial score (nSPS) is 18.0. The molecule has 0 radical (unpaired) electrons. The Kier molecular flexibility index (Phi) is 5.77. The lowest BCUT2D eigenvalue weighted by atomic mass is 10.1. The van der Waals surface area contributed by atoms with Crippen LogP contribution in [0.1, 0.15) is 30.1 Å². The summed E-state index contributed by atoms with van der Waals surface area (Å²) in [4.78, 5) is 25.2. The fourth-order valence-corrected chi connectivity index (χ4v) is 2.40. The summed E-state index contributed by atoms with van der Waals surface area (Å²) in [5, 5.41) is 8.96. The van der Waals surface area contributed by atoms with Crippen LogP contribution < -0.4 is 4.74 Å². The van der Waals surface area contributed by atoms with E-state index in [0.29, 0.717) is 31.1 Å². The fraction of sp³-hybridized carbons (Fsp3) is 0.500. The second-order valence-electron chi connectivity index (χ2n) is 5.20. The Hall–Kier alpha value is -2.08. The minimum atomic E-state index is -0.937. The number of carboxylic acid groups (broad SMARTS) is 1. The molecule has 0 aromatic heterocycles. The minimum Gasteiger partial charge on any atom is -0.494 e. The molecule has 1 aromatic rings. The number of carbonyl (C=O) groups is 2. The standard InChI is InChI=1S/C16H21NO5/c1-2-7-22-14-5-3-4-12(9-14)16(20)17-6-8-21-11-13(17)10-15(18)19/h3-5,9,13H,2,6-8,10-11H2,1H3,(H,18,19). The smallest absolute Gasteiger partial charge is 0.305 e. The van der Waals surface area contributed by atoms with Crippen molar-refractivity contribution < 1.29 is 24.2 Å². The predicted octanol–water partition coefficient (Wildman–Crippen LogP) is 1.79. The number of benzene rings is 1. The van der Waals surface area contributed by atoms with Crippen molar-refractivity contribution in [2.45, 2.75) is 25.8 Å². The molecule has 1 aliphatic heterocycles. The van der Waals surface area contributed by atoms with E-state index in [4.69, 9.17) is 14.6 Å². The number of amides is 1. The Morgan fingerprint density at radius 1 is 1.45 bits per heavy atom. The molecule has 6 heteroatoms. The summed E-state index contributed by atoms with van der Waals surface area (Å²) in [6, 6.07) is 6.56. The molecule has 1 fully saturated rings. The quantitative estimate of drug-likeness (QED) is 0.867. The summed E-state index contributed by atoms with van der Waals surface area (Å²) in [7, 11) is 0. The SMILES string of the molecule is CCCOc1cccc(C(=O)N2CCOCC2CC(=O)O)c1. The summed E-state index contributed by atoms with van der Waals surface area (Å²) >= 11 is 0. The number of aliphatic carboxylic acids is 1. The highest BCUT2D eigenvalue weighted by Crippen LogP contribution is 2.19. The van der Waals surface area contributed by atoms with Crippen LogP contribution in [-0.4, -0.2) is 54.3 Å². The van der Waals surface area contributed by atoms with Gasteiger partial charge in [-0.05, 0) is 24.6 Å². The molecule has 0 bridgehead atoms. The van der Waals surface area contributed by atoms with Gasteiger partial charge in [0.05, 0.1) is 32.3 Å². The number of hydrogen-bond acceptors (Lipinski definition) is 4. The van der Waals surface area contributed by atoms with Crippen LogP contribution in [0, 0.1) is 0 Å². The molecule has 1 aromatic carbocycles. The van der Waals surface area contributed by atoms with Crippen molar-refractivity contribution in [2.24, 2.45) is 0 Å². The maximum atomic E-state index is 12.6. The molecule has 0 aliphatic carbocycles. The summed E-state index contributed by atoms with van der Waals surface area (Å²) in [6.07, 6.45) is 0.778. The molecule has 22 heavy (non-hydrogen) atoms. The van der Waals surface area contributed by atoms with Gasteiger partial charge >= 0.3 is 5.97 Å². The molecule has 1 saturated heterocycles. The van der Waals surface area contributed by atoms with Crippen molar-refractivity contribution in [3.8, 4) is 5.75 Å². The first kappa shape index (κ1) is 16.3. The highest BCUT2D eigenvalue weighted by Gasteiger charge is 2.29. The third-order valence-electron chi connectivity index (χ3n) is 3.45. The Morgan fingerprint density at radius 3 is 3.00 bits per heavy atom. The first-order chi connectivity index (χ1) is 10.6. The van der Waals surface area contributed by atoms with Gasteiger partial charge in [0.15, 0.2) is 0 Å². The van der Waals surface area contributed by atoms with Crippen molar-refractivity contribution in [2.75, 3.05) is 26.4 Å². The molecule has 1 aliphatic rings. The van der Waals surface area contributed by atoms with E-state index in [0.717, 1.165) is 6.42 Å². The second-order valence-corrected chi connectivity index (χ2v) is 5.20. The van der Waals surface area contributed by atoms with E-state index in [1.807, 2.05) is 6.92 Å². The summed E-state index contributed by atoms with van der Waals surface area (Å²) in [5.74, 6) is -0.472. The van der Waals surface area contributed by atoms with Crippen LogP contribution >= 0.6 is 0 Å². The van der Waals surface area contributed by atoms with Crippen LogP contribution in [0.3, 0.4) is 0 Å². The highest BCUT2D eigenvalue weighted by molar-refractivity contribution is 5.95. The Bertz CT molecular complexity index is 531. The fourth-order valence-electron chi connectivity index (χ4n) is 2.40. The lowest BCUT2D eigenvalue weighted by Crippen LogP contribution is -2.49. The van der Waals surface area contributed by atoms with Gasteiger partial charge in [-0.25, -0.2) is 0 Å². The number of rotatable bonds is 6. The van der Waals surface area contributed by atoms with Crippen molar-refractivity contribution >= 4 is 11.9 Å². The van der Waals surface area contributed by atoms with Gasteiger partial charge in [-0.1, -0.05) is 13.0 Å². The van der Waals surface area contributed by atoms with Gasteiger partial charge < -0.3 is 19.5 Å². The molecule has 120 valence electrons. The number of hydrogen-bond donors (Lipinski definition) is 1. The maximum absolute atomic E-state index is 12.6. The lowest BCUT2D eigenvalue weighted by molar-refractivity contribution is -0.139.